The second-order valence-corrected chi connectivity index (χ2v) is 6.84. The van der Waals surface area contributed by atoms with Crippen LogP contribution in [0.25, 0.3) is 0 Å². The molecule has 6 nitrogen and oxygen atoms in total. The summed E-state index contributed by atoms with van der Waals surface area (Å²) in [5.41, 5.74) is 1.45. The van der Waals surface area contributed by atoms with E-state index in [1.165, 1.54) is 24.5 Å². The predicted molar refractivity (Wildman–Crippen MR) is 89.9 cm³/mol. The van der Waals surface area contributed by atoms with E-state index in [4.69, 9.17) is 0 Å². The molecule has 2 aromatic rings. The van der Waals surface area contributed by atoms with Gasteiger partial charge in [0.2, 0.25) is 0 Å². The fourth-order valence-electron chi connectivity index (χ4n) is 3.35. The van der Waals surface area contributed by atoms with E-state index in [1.54, 1.807) is 0 Å². The molecule has 0 radical (unpaired) electrons. The van der Waals surface area contributed by atoms with E-state index in [9.17, 15) is 13.2 Å². The largest absolute Gasteiger partial charge is 0.435 e. The molecule has 0 aromatic carbocycles. The second-order valence-electron chi connectivity index (χ2n) is 6.84. The minimum atomic E-state index is -4.46. The number of nitrogens with zero attached hydrogens (tertiary/aromatic N) is 5. The fraction of sp³-hybridized carbons (Fsp3) is 0.529. The molecule has 2 aliphatic rings. The average molecular weight is 364 g/mol. The van der Waals surface area contributed by atoms with E-state index < -0.39 is 11.9 Å². The first-order valence-electron chi connectivity index (χ1n) is 8.74. The van der Waals surface area contributed by atoms with E-state index in [0.29, 0.717) is 18.3 Å². The summed E-state index contributed by atoms with van der Waals surface area (Å²) in [7, 11) is 0. The normalized spacial score (nSPS) is 17.6. The lowest BCUT2D eigenvalue weighted by atomic mass is 9.95. The monoisotopic (exact) mass is 364 g/mol. The van der Waals surface area contributed by atoms with Crippen LogP contribution in [0.3, 0.4) is 0 Å². The number of nitrogens with one attached hydrogen (secondary N) is 1. The summed E-state index contributed by atoms with van der Waals surface area (Å²) < 4.78 is 37.4. The van der Waals surface area contributed by atoms with Gasteiger partial charge in [0.25, 0.3) is 0 Å². The molecule has 0 saturated carbocycles. The molecule has 1 aliphatic carbocycles. The van der Waals surface area contributed by atoms with Gasteiger partial charge in [-0.3, -0.25) is 0 Å². The summed E-state index contributed by atoms with van der Waals surface area (Å²) in [6, 6.07) is 4.39. The van der Waals surface area contributed by atoms with Gasteiger partial charge in [-0.15, -0.1) is 15.3 Å². The summed E-state index contributed by atoms with van der Waals surface area (Å²) in [6.07, 6.45) is 0.0205. The van der Waals surface area contributed by atoms with Crippen LogP contribution in [0.1, 0.15) is 29.8 Å². The predicted octanol–water partition coefficient (Wildman–Crippen LogP) is 2.71. The number of rotatable bonds is 4. The van der Waals surface area contributed by atoms with Gasteiger partial charge < -0.3 is 10.2 Å². The molecule has 0 unspecified atom stereocenters. The first kappa shape index (κ1) is 17.0. The van der Waals surface area contributed by atoms with E-state index in [-0.39, 0.29) is 0 Å². The van der Waals surface area contributed by atoms with Crippen molar-refractivity contribution in [3.8, 4) is 0 Å². The van der Waals surface area contributed by atoms with Gasteiger partial charge in [-0.2, -0.15) is 18.3 Å². The third kappa shape index (κ3) is 3.56. The Bertz CT molecular complexity index is 771. The Labute approximate surface area is 148 Å². The van der Waals surface area contributed by atoms with Crippen LogP contribution in [0.5, 0.6) is 0 Å². The van der Waals surface area contributed by atoms with Crippen LogP contribution in [-0.2, 0) is 19.0 Å². The molecule has 2 aromatic heterocycles. The van der Waals surface area contributed by atoms with Crippen molar-refractivity contribution in [1.29, 1.82) is 0 Å². The zero-order chi connectivity index (χ0) is 18.1. The Morgan fingerprint density at radius 2 is 1.85 bits per heavy atom. The van der Waals surface area contributed by atoms with Gasteiger partial charge in [0.15, 0.2) is 11.5 Å². The fourth-order valence-corrected chi connectivity index (χ4v) is 3.35. The topological polar surface area (TPSA) is 66.8 Å². The van der Waals surface area contributed by atoms with Crippen LogP contribution in [0, 0.1) is 5.92 Å². The van der Waals surface area contributed by atoms with Crippen LogP contribution in [0.2, 0.25) is 0 Å². The van der Waals surface area contributed by atoms with E-state index >= 15 is 0 Å². The number of halogens is 3. The third-order valence-corrected chi connectivity index (χ3v) is 4.86. The van der Waals surface area contributed by atoms with Crippen molar-refractivity contribution in [2.24, 2.45) is 5.92 Å². The highest BCUT2D eigenvalue weighted by atomic mass is 19.4. The van der Waals surface area contributed by atoms with E-state index in [0.717, 1.165) is 43.5 Å². The number of fused-ring (bicyclic) bond motifs is 1. The van der Waals surface area contributed by atoms with Crippen LogP contribution in [0.4, 0.5) is 24.8 Å². The van der Waals surface area contributed by atoms with Crippen molar-refractivity contribution in [1.82, 2.24) is 20.4 Å². The zero-order valence-corrected chi connectivity index (χ0v) is 14.1. The SMILES string of the molecule is FC(F)(F)c1ccc(NCC2CN(c3cc4c(nn3)CCCC4)C2)nn1. The van der Waals surface area contributed by atoms with Crippen LogP contribution in [-0.4, -0.2) is 40.0 Å². The first-order chi connectivity index (χ1) is 12.5. The summed E-state index contributed by atoms with van der Waals surface area (Å²) in [4.78, 5) is 2.17. The van der Waals surface area contributed by atoms with Gasteiger partial charge >= 0.3 is 6.18 Å². The highest BCUT2D eigenvalue weighted by Gasteiger charge is 2.33. The van der Waals surface area contributed by atoms with Gasteiger partial charge in [-0.1, -0.05) is 0 Å². The molecular weight excluding hydrogens is 345 g/mol. The molecule has 26 heavy (non-hydrogen) atoms. The number of hydrogen-bond acceptors (Lipinski definition) is 6. The van der Waals surface area contributed by atoms with Gasteiger partial charge in [0, 0.05) is 25.6 Å². The number of anilines is 2. The molecule has 0 bridgehead atoms. The molecule has 1 N–H and O–H groups in total. The van der Waals surface area contributed by atoms with Crippen molar-refractivity contribution < 1.29 is 13.2 Å². The highest BCUT2D eigenvalue weighted by Crippen LogP contribution is 2.28. The molecule has 1 aliphatic heterocycles. The Kier molecular flexibility index (Phi) is 4.37. The Balaban J connectivity index is 1.28. The van der Waals surface area contributed by atoms with Crippen molar-refractivity contribution in [3.05, 3.63) is 35.2 Å². The third-order valence-electron chi connectivity index (χ3n) is 4.86. The van der Waals surface area contributed by atoms with E-state index in [1.807, 2.05) is 0 Å². The Morgan fingerprint density at radius 1 is 1.04 bits per heavy atom. The number of aromatic nitrogens is 4. The van der Waals surface area contributed by atoms with Gasteiger partial charge in [-0.05, 0) is 49.4 Å². The van der Waals surface area contributed by atoms with E-state index in [2.05, 4.69) is 36.7 Å². The molecule has 138 valence electrons. The molecule has 9 heteroatoms. The minimum absolute atomic E-state index is 0.352. The van der Waals surface area contributed by atoms with Gasteiger partial charge in [0.1, 0.15) is 5.82 Å². The van der Waals surface area contributed by atoms with Crippen molar-refractivity contribution in [3.63, 3.8) is 0 Å². The number of aryl methyl sites for hydroxylation is 2. The maximum atomic E-state index is 12.5. The molecule has 0 atom stereocenters. The standard InChI is InChI=1S/C17H19F3N6/c18-17(19,20)14-5-6-15(24-23-14)21-8-11-9-26(10-11)16-7-12-3-1-2-4-13(12)22-25-16/h5-7,11H,1-4,8-10H2,(H,21,24). The molecular formula is C17H19F3N6. The van der Waals surface area contributed by atoms with Crippen LogP contribution >= 0.6 is 0 Å². The van der Waals surface area contributed by atoms with Crippen LogP contribution < -0.4 is 10.2 Å². The Morgan fingerprint density at radius 3 is 2.58 bits per heavy atom. The lowest BCUT2D eigenvalue weighted by Gasteiger charge is -2.40. The smallest absolute Gasteiger partial charge is 0.368 e. The summed E-state index contributed by atoms with van der Waals surface area (Å²) in [5, 5.41) is 18.5. The van der Waals surface area contributed by atoms with Crippen molar-refractivity contribution in [2.45, 2.75) is 31.9 Å². The van der Waals surface area contributed by atoms with Crippen molar-refractivity contribution >= 4 is 11.6 Å². The Hall–Kier alpha value is -2.45. The maximum Gasteiger partial charge on any atom is 0.435 e. The van der Waals surface area contributed by atoms with Crippen LogP contribution in [0.15, 0.2) is 18.2 Å². The lowest BCUT2D eigenvalue weighted by molar-refractivity contribution is -0.141. The molecule has 4 rings (SSSR count). The average Bonchev–Trinajstić information content (AvgIpc) is 2.60. The highest BCUT2D eigenvalue weighted by molar-refractivity contribution is 5.45. The van der Waals surface area contributed by atoms with Gasteiger partial charge in [-0.25, -0.2) is 0 Å². The molecule has 1 fully saturated rings. The molecule has 0 amide bonds. The zero-order valence-electron chi connectivity index (χ0n) is 14.1. The summed E-state index contributed by atoms with van der Waals surface area (Å²) in [5.74, 6) is 1.65. The van der Waals surface area contributed by atoms with Gasteiger partial charge in [0.05, 0.1) is 5.69 Å². The van der Waals surface area contributed by atoms with Crippen molar-refractivity contribution in [2.75, 3.05) is 29.9 Å². The summed E-state index contributed by atoms with van der Waals surface area (Å²) >= 11 is 0. The second kappa shape index (κ2) is 6.69. The lowest BCUT2D eigenvalue weighted by Crippen LogP contribution is -2.50. The quantitative estimate of drug-likeness (QED) is 0.900. The maximum absolute atomic E-state index is 12.5. The molecule has 1 saturated heterocycles. The number of hydrogen-bond donors (Lipinski definition) is 1. The molecule has 3 heterocycles. The first-order valence-corrected chi connectivity index (χ1v) is 8.74. The summed E-state index contributed by atoms with van der Waals surface area (Å²) in [6.45, 7) is 2.32. The minimum Gasteiger partial charge on any atom is -0.368 e. The molecule has 0 spiro atoms. The number of alkyl halides is 3.